The number of allylic oxidation sites excluding steroid dienone is 1. The van der Waals surface area contributed by atoms with Crippen LogP contribution in [0.3, 0.4) is 0 Å². The van der Waals surface area contributed by atoms with E-state index in [1.807, 2.05) is 70.1 Å². The van der Waals surface area contributed by atoms with Crippen LogP contribution >= 0.6 is 0 Å². The highest BCUT2D eigenvalue weighted by molar-refractivity contribution is 6.01. The maximum absolute atomic E-state index is 12.8. The van der Waals surface area contributed by atoms with E-state index in [4.69, 9.17) is 78.4 Å². The number of aliphatic hydroxyl groups excluding tert-OH is 1. The number of amidine groups is 1. The molecule has 10 atom stereocenters. The molecule has 32 heteroatoms. The van der Waals surface area contributed by atoms with Gasteiger partial charge < -0.3 is 58.0 Å². The van der Waals surface area contributed by atoms with E-state index in [1.165, 1.54) is 16.8 Å². The van der Waals surface area contributed by atoms with E-state index in [0.717, 1.165) is 183 Å². The van der Waals surface area contributed by atoms with Gasteiger partial charge in [-0.25, -0.2) is 0 Å². The predicted molar refractivity (Wildman–Crippen MR) is 458 cm³/mol. The van der Waals surface area contributed by atoms with Crippen molar-refractivity contribution < 1.29 is 61.9 Å². The Morgan fingerprint density at radius 3 is 1.11 bits per heavy atom. The van der Waals surface area contributed by atoms with Gasteiger partial charge in [-0.2, -0.15) is 45.7 Å². The van der Waals surface area contributed by atoms with Gasteiger partial charge in [-0.1, -0.05) is 124 Å². The van der Waals surface area contributed by atoms with Crippen molar-refractivity contribution in [3.8, 4) is 40.6 Å². The minimum atomic E-state index is -0.542. The summed E-state index contributed by atoms with van der Waals surface area (Å²) in [4.78, 5) is 38.5. The maximum Gasteiger partial charge on any atom is 0.223 e. The normalized spacial score (nSPS) is 31.1. The van der Waals surface area contributed by atoms with E-state index >= 15 is 0 Å². The van der Waals surface area contributed by atoms with Crippen molar-refractivity contribution in [2.75, 3.05) is 39.6 Å². The van der Waals surface area contributed by atoms with Gasteiger partial charge >= 0.3 is 0 Å². The quantitative estimate of drug-likeness (QED) is 0.0368. The molecule has 0 aromatic carbocycles. The zero-order valence-corrected chi connectivity index (χ0v) is 77.7. The number of nitrogens with two attached hydrogens (primary N) is 1. The molecule has 4 N–H and O–H groups in total. The molecule has 0 radical (unpaired) electrons. The second-order valence-corrected chi connectivity index (χ2v) is 42.1. The standard InChI is InChI=1S/C20H28N4O3.C19H24N4O3.C18H28N4O3.C18H24N4O2.C18H25N3O2/c1-12-21-17(23-27-12)15-13-6-7-14-18(2,3)20(25-10-11-26-20)9-8-19(14,4)16(13)22-24(15)5;1-10-20-17(22-26-10)14-12-6-7-13-18(2,3)16(25)11(9-24)8-19(13,4)15(12)21-23(14)5;1-16(2)12-6-5-11-13(15(19)21-23)22(4)20-14(11)17(12,3)7-8-18(16)24-9-10-25-18;1-10-19-16(21-24-10)14-11-6-7-12-17(2,3)13(23)8-9-18(12,4)15(11)20-22(14)5;1-16(2)14-6-5-12-13(11-19)21(4)20-15(12)17(14,3)7-8-18(16)22-9-10-23-18/h14H,6-11H2,1-5H3;9,13,24H,6-8H2,1-5H3;12,23H,5-10H2,1-4H3,(H2,19,21);12H,6-9H2,1-5H3;14H,5-10H2,1-4H3/b;11-9-;;;/t14-,19-;13-,19-;12-,17-;12-,18-;14-,17-/m00000/s1. The van der Waals surface area contributed by atoms with Crippen LogP contribution in [0.25, 0.3) is 34.6 Å². The molecule has 125 heavy (non-hydrogen) atoms. The number of hydrogen-bond donors (Lipinski definition) is 3. The van der Waals surface area contributed by atoms with Crippen LogP contribution < -0.4 is 5.73 Å². The number of hydrogen-bond acceptors (Lipinski definition) is 26. The summed E-state index contributed by atoms with van der Waals surface area (Å²) in [6, 6.07) is 2.34. The molecular formula is C93H129N19O13. The molecule has 0 bridgehead atoms. The lowest BCUT2D eigenvalue weighted by atomic mass is 9.49. The van der Waals surface area contributed by atoms with Crippen LogP contribution in [-0.4, -0.2) is 164 Å². The monoisotopic (exact) mass is 1720 g/mol. The van der Waals surface area contributed by atoms with Crippen molar-refractivity contribution in [2.24, 2.45) is 103 Å². The van der Waals surface area contributed by atoms with E-state index in [0.29, 0.717) is 123 Å². The number of fused-ring (bicyclic) bond motifs is 15. The van der Waals surface area contributed by atoms with E-state index < -0.39 is 22.8 Å². The number of ketones is 2. The molecule has 3 saturated heterocycles. The average molecular weight is 1720 g/mol. The van der Waals surface area contributed by atoms with E-state index in [9.17, 15) is 20.0 Å². The van der Waals surface area contributed by atoms with Crippen LogP contribution in [-0.2, 0) is 132 Å². The number of rotatable bonds is 4. The number of oxime groups is 1. The smallest absolute Gasteiger partial charge is 0.223 e. The summed E-state index contributed by atoms with van der Waals surface area (Å²) in [5.74, 6) is 4.41. The maximum atomic E-state index is 12.8. The Morgan fingerprint density at radius 2 is 0.752 bits per heavy atom. The first-order chi connectivity index (χ1) is 58.9. The van der Waals surface area contributed by atoms with Gasteiger partial charge in [-0.05, 0) is 126 Å². The summed E-state index contributed by atoms with van der Waals surface area (Å²) in [5, 5.41) is 68.0. The highest BCUT2D eigenvalue weighted by Gasteiger charge is 2.68. The minimum absolute atomic E-state index is 0.00751. The molecule has 8 fully saturated rings. The second-order valence-electron chi connectivity index (χ2n) is 42.1. The molecule has 3 aliphatic heterocycles. The lowest BCUT2D eigenvalue weighted by Gasteiger charge is -2.59. The predicted octanol–water partition coefficient (Wildman–Crippen LogP) is 13.8. The largest absolute Gasteiger partial charge is 0.515 e. The molecule has 674 valence electrons. The van der Waals surface area contributed by atoms with Crippen molar-refractivity contribution in [2.45, 2.75) is 291 Å². The van der Waals surface area contributed by atoms with Gasteiger partial charge in [0.1, 0.15) is 40.3 Å². The summed E-state index contributed by atoms with van der Waals surface area (Å²) in [5.41, 5.74) is 20.6. The Labute approximate surface area is 731 Å². The Bertz CT molecular complexity index is 5670. The molecule has 0 unspecified atom stereocenters. The first-order valence-corrected chi connectivity index (χ1v) is 45.2. The van der Waals surface area contributed by atoms with Gasteiger partial charge in [0, 0.05) is 169 Å². The van der Waals surface area contributed by atoms with E-state index in [-0.39, 0.29) is 66.3 Å². The molecule has 32 nitrogen and oxygen atoms in total. The molecule has 13 aliphatic rings. The molecule has 8 aromatic heterocycles. The highest BCUT2D eigenvalue weighted by Crippen LogP contribution is 2.67. The van der Waals surface area contributed by atoms with E-state index in [1.54, 1.807) is 23.2 Å². The number of ether oxygens (including phenoxy) is 6. The number of nitriles is 1. The topological polar surface area (TPSA) is 398 Å². The molecular weight excluding hydrogens is 1590 g/mol. The molecule has 5 saturated carbocycles. The van der Waals surface area contributed by atoms with Crippen molar-refractivity contribution in [1.29, 1.82) is 5.26 Å². The van der Waals surface area contributed by atoms with Crippen LogP contribution in [0, 0.1) is 88.8 Å². The Kier molecular flexibility index (Phi) is 21.3. The Hall–Kier alpha value is -9.13. The Balaban J connectivity index is 0.000000111. The second kappa shape index (κ2) is 30.3. The third kappa shape index (κ3) is 12.9. The molecule has 21 rings (SSSR count). The van der Waals surface area contributed by atoms with Gasteiger partial charge in [0.15, 0.2) is 29.0 Å². The van der Waals surface area contributed by atoms with Crippen LogP contribution in [0.15, 0.2) is 30.6 Å². The number of aliphatic hydroxyl groups is 1. The van der Waals surface area contributed by atoms with E-state index in [2.05, 4.69) is 132 Å². The number of aryl methyl sites for hydroxylation is 8. The third-order valence-electron chi connectivity index (χ3n) is 34.0. The van der Waals surface area contributed by atoms with Gasteiger partial charge in [-0.3, -0.25) is 33.0 Å². The van der Waals surface area contributed by atoms with Crippen molar-refractivity contribution in [3.05, 3.63) is 97.2 Å². The van der Waals surface area contributed by atoms with Crippen LogP contribution in [0.4, 0.5) is 0 Å². The molecule has 11 heterocycles. The minimum Gasteiger partial charge on any atom is -0.515 e. The SMILES string of the molecule is Cc1nc(-c2c3c(nn2C)[C@@]2(C)C/C(=C/O)C(=O)C(C)(C)[C@@H]2CC3)no1.Cc1nc(-c2c3c(nn2C)[C@@]2(C)CCC(=O)C(C)(C)[C@@H]2CC3)no1.Cc1nc(-c2c3c(nn2C)[C@@]2(C)CCC4(OCCO4)C(C)(C)[C@@H]2CC3)no1.Cn1nc2c(c1/C(N)=N/O)CC[C@H]1C(C)(C)C3(CC[C@]21C)OCCO3.Cn1nc2c(c1C#N)CC[C@H]1C(C)(C)C3(CC[C@]21C)OCCO3. The Morgan fingerprint density at radius 1 is 0.432 bits per heavy atom. The van der Waals surface area contributed by atoms with Gasteiger partial charge in [0.2, 0.25) is 35.1 Å². The number of carbonyl (C=O) groups is 2. The summed E-state index contributed by atoms with van der Waals surface area (Å²) >= 11 is 0. The lowest BCUT2D eigenvalue weighted by molar-refractivity contribution is -0.276. The fourth-order valence-corrected chi connectivity index (χ4v) is 27.9. The summed E-state index contributed by atoms with van der Waals surface area (Å²) < 4.78 is 61.6. The molecule has 0 amide bonds. The first kappa shape index (κ1) is 87.9. The fraction of sp³-hybridized carbons (Fsp3) is 0.710. The van der Waals surface area contributed by atoms with Crippen molar-refractivity contribution in [1.82, 2.24) is 79.3 Å². The van der Waals surface area contributed by atoms with Crippen molar-refractivity contribution >= 4 is 17.4 Å². The number of aromatic nitrogens is 16. The van der Waals surface area contributed by atoms with Crippen molar-refractivity contribution in [3.63, 3.8) is 0 Å². The highest BCUT2D eigenvalue weighted by atomic mass is 16.8. The van der Waals surface area contributed by atoms with Crippen LogP contribution in [0.2, 0.25) is 0 Å². The molecule has 8 aromatic rings. The van der Waals surface area contributed by atoms with Gasteiger partial charge in [0.25, 0.3) is 0 Å². The number of carbonyl (C=O) groups excluding carboxylic acids is 2. The third-order valence-corrected chi connectivity index (χ3v) is 34.0. The summed E-state index contributed by atoms with van der Waals surface area (Å²) in [7, 11) is 9.56. The van der Waals surface area contributed by atoms with Gasteiger partial charge in [-0.15, -0.1) is 0 Å². The summed E-state index contributed by atoms with van der Waals surface area (Å²) in [6.45, 7) is 42.9. The lowest BCUT2D eigenvalue weighted by Crippen LogP contribution is -2.61. The average Bonchev–Trinajstić information content (AvgIpc) is 1.64. The number of Topliss-reactive ketones (excluding diaryl/α,β-unsaturated/α-hetero) is 2. The summed E-state index contributed by atoms with van der Waals surface area (Å²) in [6.07, 6.45) is 18.1. The fourth-order valence-electron chi connectivity index (χ4n) is 27.9. The van der Waals surface area contributed by atoms with Crippen LogP contribution in [0.1, 0.15) is 279 Å². The van der Waals surface area contributed by atoms with Crippen LogP contribution in [0.5, 0.6) is 0 Å². The molecule has 10 aliphatic carbocycles. The van der Waals surface area contributed by atoms with Gasteiger partial charge in [0.05, 0.1) is 74.4 Å². The zero-order valence-electron chi connectivity index (χ0n) is 77.7. The number of nitrogens with zero attached hydrogens (tertiary/aromatic N) is 18. The first-order valence-electron chi connectivity index (χ1n) is 45.2. The molecule has 3 spiro atoms. The zero-order chi connectivity index (χ0) is 89.6.